The van der Waals surface area contributed by atoms with Crippen LogP contribution in [-0.2, 0) is 4.79 Å². The summed E-state index contributed by atoms with van der Waals surface area (Å²) in [7, 11) is 0. The second-order valence-corrected chi connectivity index (χ2v) is 7.94. The minimum atomic E-state index is -0.111. The summed E-state index contributed by atoms with van der Waals surface area (Å²) in [5, 5.41) is 17.5. The van der Waals surface area contributed by atoms with Gasteiger partial charge in [0.25, 0.3) is 5.91 Å². The molecule has 2 fully saturated rings. The summed E-state index contributed by atoms with van der Waals surface area (Å²) in [5.41, 5.74) is 1.31. The van der Waals surface area contributed by atoms with Crippen molar-refractivity contribution in [1.82, 2.24) is 30.8 Å². The summed E-state index contributed by atoms with van der Waals surface area (Å²) in [4.78, 5) is 25.1. The van der Waals surface area contributed by atoms with Gasteiger partial charge in [-0.3, -0.25) is 9.59 Å². The van der Waals surface area contributed by atoms with Crippen LogP contribution < -0.4 is 10.6 Å². The second-order valence-electron chi connectivity index (χ2n) is 7.94. The Bertz CT molecular complexity index is 852. The number of aromatic nitrogens is 4. The van der Waals surface area contributed by atoms with Gasteiger partial charge >= 0.3 is 0 Å². The molecule has 5 unspecified atom stereocenters. The summed E-state index contributed by atoms with van der Waals surface area (Å²) in [6.45, 7) is 4.28. The van der Waals surface area contributed by atoms with Gasteiger partial charge in [-0.15, -0.1) is 5.10 Å². The standard InChI is InChI=1S/C20H26N6O2/c1-3-16-12(2)17-8-7-14(10-18(17)23-20(16)28)22-19(27)13-5-4-6-15(9-13)26-11-21-24-25-26/h4-6,9,11-12,14,16-18H,3,7-8,10H2,1-2H3,(H,22,27)(H,23,28). The molecule has 1 saturated heterocycles. The molecule has 0 radical (unpaired) electrons. The van der Waals surface area contributed by atoms with E-state index in [9.17, 15) is 9.59 Å². The van der Waals surface area contributed by atoms with E-state index in [1.54, 1.807) is 12.1 Å². The van der Waals surface area contributed by atoms with Crippen LogP contribution in [-0.4, -0.2) is 44.1 Å². The maximum absolute atomic E-state index is 12.8. The van der Waals surface area contributed by atoms with E-state index in [4.69, 9.17) is 0 Å². The summed E-state index contributed by atoms with van der Waals surface area (Å²) >= 11 is 0. The van der Waals surface area contributed by atoms with Crippen LogP contribution in [0.2, 0.25) is 0 Å². The quantitative estimate of drug-likeness (QED) is 0.838. The van der Waals surface area contributed by atoms with Crippen molar-refractivity contribution in [3.63, 3.8) is 0 Å². The molecule has 28 heavy (non-hydrogen) atoms. The van der Waals surface area contributed by atoms with E-state index in [0.717, 1.165) is 31.4 Å². The number of carbonyl (C=O) groups is 2. The van der Waals surface area contributed by atoms with Crippen LogP contribution in [0.15, 0.2) is 30.6 Å². The molecule has 0 spiro atoms. The van der Waals surface area contributed by atoms with E-state index in [2.05, 4.69) is 40.0 Å². The molecule has 1 aliphatic heterocycles. The molecular weight excluding hydrogens is 356 g/mol. The molecule has 1 aromatic carbocycles. The molecule has 1 aliphatic carbocycles. The summed E-state index contributed by atoms with van der Waals surface area (Å²) in [6.07, 6.45) is 5.13. The third-order valence-corrected chi connectivity index (χ3v) is 6.38. The number of carbonyl (C=O) groups excluding carboxylic acids is 2. The molecule has 5 atom stereocenters. The van der Waals surface area contributed by atoms with Crippen molar-refractivity contribution in [3.8, 4) is 5.69 Å². The predicted molar refractivity (Wildman–Crippen MR) is 103 cm³/mol. The minimum absolute atomic E-state index is 0.0659. The Balaban J connectivity index is 1.41. The molecule has 1 saturated carbocycles. The van der Waals surface area contributed by atoms with Gasteiger partial charge in [-0.25, -0.2) is 4.68 Å². The van der Waals surface area contributed by atoms with Crippen molar-refractivity contribution in [1.29, 1.82) is 0 Å². The molecule has 4 rings (SSSR count). The first-order chi connectivity index (χ1) is 13.6. The lowest BCUT2D eigenvalue weighted by Gasteiger charge is -2.46. The first-order valence-corrected chi connectivity index (χ1v) is 10.0. The fourth-order valence-corrected chi connectivity index (χ4v) is 4.84. The highest BCUT2D eigenvalue weighted by atomic mass is 16.2. The normalized spacial score (nSPS) is 29.6. The van der Waals surface area contributed by atoms with E-state index >= 15 is 0 Å². The fourth-order valence-electron chi connectivity index (χ4n) is 4.84. The molecule has 2 aliphatic rings. The van der Waals surface area contributed by atoms with Crippen LogP contribution >= 0.6 is 0 Å². The van der Waals surface area contributed by atoms with Gasteiger partial charge < -0.3 is 10.6 Å². The van der Waals surface area contributed by atoms with E-state index < -0.39 is 0 Å². The molecule has 2 aromatic rings. The van der Waals surface area contributed by atoms with Gasteiger partial charge in [0.2, 0.25) is 5.91 Å². The average Bonchev–Trinajstić information content (AvgIpc) is 3.23. The zero-order valence-electron chi connectivity index (χ0n) is 16.2. The van der Waals surface area contributed by atoms with Crippen molar-refractivity contribution >= 4 is 11.8 Å². The molecule has 8 heteroatoms. The smallest absolute Gasteiger partial charge is 0.251 e. The van der Waals surface area contributed by atoms with Crippen molar-refractivity contribution < 1.29 is 9.59 Å². The number of hydrogen-bond acceptors (Lipinski definition) is 5. The molecule has 2 N–H and O–H groups in total. The molecular formula is C20H26N6O2. The maximum Gasteiger partial charge on any atom is 0.251 e. The minimum Gasteiger partial charge on any atom is -0.353 e. The Labute approximate surface area is 164 Å². The van der Waals surface area contributed by atoms with Crippen molar-refractivity contribution in [2.45, 2.75) is 51.6 Å². The van der Waals surface area contributed by atoms with Crippen LogP contribution in [0, 0.1) is 17.8 Å². The number of rotatable bonds is 4. The highest BCUT2D eigenvalue weighted by molar-refractivity contribution is 5.95. The van der Waals surface area contributed by atoms with E-state index in [1.807, 2.05) is 12.1 Å². The number of nitrogens with one attached hydrogen (secondary N) is 2. The van der Waals surface area contributed by atoms with E-state index in [1.165, 1.54) is 11.0 Å². The number of amides is 2. The summed E-state index contributed by atoms with van der Waals surface area (Å²) in [5.74, 6) is 1.06. The maximum atomic E-state index is 12.8. The fraction of sp³-hybridized carbons (Fsp3) is 0.550. The van der Waals surface area contributed by atoms with Gasteiger partial charge in [-0.05, 0) is 66.1 Å². The molecule has 1 aromatic heterocycles. The van der Waals surface area contributed by atoms with E-state index in [-0.39, 0.29) is 29.8 Å². The third-order valence-electron chi connectivity index (χ3n) is 6.38. The Morgan fingerprint density at radius 2 is 2.21 bits per heavy atom. The van der Waals surface area contributed by atoms with Crippen molar-refractivity contribution in [2.24, 2.45) is 17.8 Å². The van der Waals surface area contributed by atoms with Crippen LogP contribution in [0.1, 0.15) is 49.9 Å². The predicted octanol–water partition coefficient (Wildman–Crippen LogP) is 1.72. The summed E-state index contributed by atoms with van der Waals surface area (Å²) < 4.78 is 1.52. The molecule has 0 bridgehead atoms. The van der Waals surface area contributed by atoms with Crippen LogP contribution in [0.5, 0.6) is 0 Å². The van der Waals surface area contributed by atoms with Gasteiger partial charge in [0, 0.05) is 23.6 Å². The monoisotopic (exact) mass is 382 g/mol. The first kappa shape index (κ1) is 18.6. The Morgan fingerprint density at radius 1 is 1.36 bits per heavy atom. The highest BCUT2D eigenvalue weighted by Gasteiger charge is 2.43. The van der Waals surface area contributed by atoms with Crippen LogP contribution in [0.4, 0.5) is 0 Å². The Hall–Kier alpha value is -2.77. The number of piperidine rings is 1. The third kappa shape index (κ3) is 3.50. The van der Waals surface area contributed by atoms with Gasteiger partial charge in [-0.2, -0.15) is 0 Å². The number of nitrogens with zero attached hydrogens (tertiary/aromatic N) is 4. The van der Waals surface area contributed by atoms with Gasteiger partial charge in [0.1, 0.15) is 6.33 Å². The number of fused-ring (bicyclic) bond motifs is 1. The molecule has 8 nitrogen and oxygen atoms in total. The number of hydrogen-bond donors (Lipinski definition) is 2. The molecule has 2 heterocycles. The van der Waals surface area contributed by atoms with Crippen molar-refractivity contribution in [3.05, 3.63) is 36.2 Å². The topological polar surface area (TPSA) is 102 Å². The number of tetrazole rings is 1. The second kappa shape index (κ2) is 7.69. The first-order valence-electron chi connectivity index (χ1n) is 10.0. The highest BCUT2D eigenvalue weighted by Crippen LogP contribution is 2.38. The Kier molecular flexibility index (Phi) is 5.11. The Morgan fingerprint density at radius 3 is 2.96 bits per heavy atom. The molecule has 148 valence electrons. The van der Waals surface area contributed by atoms with Crippen molar-refractivity contribution in [2.75, 3.05) is 0 Å². The van der Waals surface area contributed by atoms with Gasteiger partial charge in [0.05, 0.1) is 5.69 Å². The lowest BCUT2D eigenvalue weighted by Crippen LogP contribution is -2.58. The lowest BCUT2D eigenvalue weighted by atomic mass is 9.67. The zero-order chi connectivity index (χ0) is 19.7. The van der Waals surface area contributed by atoms with E-state index in [0.29, 0.717) is 17.4 Å². The van der Waals surface area contributed by atoms with Gasteiger partial charge in [0.15, 0.2) is 0 Å². The molecule has 2 amide bonds. The summed E-state index contributed by atoms with van der Waals surface area (Å²) in [6, 6.07) is 7.43. The number of benzene rings is 1. The van der Waals surface area contributed by atoms with Crippen LogP contribution in [0.25, 0.3) is 5.69 Å². The SMILES string of the molecule is CCC1C(=O)NC2CC(NC(=O)c3cccc(-n4cnnn4)c3)CCC2C1C. The largest absolute Gasteiger partial charge is 0.353 e. The average molecular weight is 382 g/mol. The lowest BCUT2D eigenvalue weighted by molar-refractivity contribution is -0.133. The van der Waals surface area contributed by atoms with Gasteiger partial charge in [-0.1, -0.05) is 19.9 Å². The van der Waals surface area contributed by atoms with Crippen LogP contribution in [0.3, 0.4) is 0 Å². The zero-order valence-corrected chi connectivity index (χ0v) is 16.2.